The first kappa shape index (κ1) is 24.8. The second-order valence-corrected chi connectivity index (χ2v) is 10.1. The van der Waals surface area contributed by atoms with Crippen molar-refractivity contribution in [3.8, 4) is 6.01 Å². The first-order valence-electron chi connectivity index (χ1n) is 12.2. The molecule has 0 aliphatic carbocycles. The van der Waals surface area contributed by atoms with Crippen LogP contribution in [0.5, 0.6) is 6.01 Å². The van der Waals surface area contributed by atoms with Crippen LogP contribution in [0.4, 0.5) is 19.4 Å². The molecule has 3 aliphatic heterocycles. The lowest BCUT2D eigenvalue weighted by atomic mass is 10.1. The first-order valence-corrected chi connectivity index (χ1v) is 12.2. The van der Waals surface area contributed by atoms with Crippen molar-refractivity contribution in [1.29, 1.82) is 0 Å². The maximum absolute atomic E-state index is 12.9. The molecule has 1 aromatic rings. The van der Waals surface area contributed by atoms with Crippen molar-refractivity contribution in [3.05, 3.63) is 11.3 Å². The van der Waals surface area contributed by atoms with E-state index in [1.165, 1.54) is 0 Å². The van der Waals surface area contributed by atoms with E-state index in [4.69, 9.17) is 14.5 Å². The number of halogens is 2. The van der Waals surface area contributed by atoms with Crippen LogP contribution in [0.1, 0.15) is 44.9 Å². The average Bonchev–Trinajstić information content (AvgIpc) is 3.22. The SMILES string of the molecule is CC(C)(C)OC(=O)N1CCN(c2nc(OC[C@@H]3CCCN3CC(F)F)nc3c2CCNC3)CC1. The van der Waals surface area contributed by atoms with Crippen molar-refractivity contribution in [3.63, 3.8) is 0 Å². The Morgan fingerprint density at radius 1 is 1.18 bits per heavy atom. The van der Waals surface area contributed by atoms with Crippen LogP contribution in [0.3, 0.4) is 0 Å². The Hall–Kier alpha value is -2.27. The highest BCUT2D eigenvalue weighted by atomic mass is 19.3. The smallest absolute Gasteiger partial charge is 0.410 e. The number of hydrogen-bond acceptors (Lipinski definition) is 8. The minimum Gasteiger partial charge on any atom is -0.462 e. The van der Waals surface area contributed by atoms with E-state index in [1.54, 1.807) is 9.80 Å². The fraction of sp³-hybridized carbons (Fsp3) is 0.783. The van der Waals surface area contributed by atoms with Crippen LogP contribution in [-0.2, 0) is 17.7 Å². The van der Waals surface area contributed by atoms with Gasteiger partial charge in [0.05, 0.1) is 12.2 Å². The summed E-state index contributed by atoms with van der Waals surface area (Å²) in [6, 6.07) is 0.239. The van der Waals surface area contributed by atoms with Gasteiger partial charge in [0.2, 0.25) is 0 Å². The van der Waals surface area contributed by atoms with Gasteiger partial charge < -0.3 is 24.6 Å². The Bertz CT molecular complexity index is 858. The number of likely N-dealkylation sites (tertiary alicyclic amines) is 1. The quantitative estimate of drug-likeness (QED) is 0.662. The second kappa shape index (κ2) is 10.6. The standard InChI is InChI=1S/C23H36F2N6O3/c1-23(2,3)34-22(32)30-11-9-29(10-12-30)20-17-6-7-26-13-18(17)27-21(28-20)33-15-16-5-4-8-31(16)14-19(24)25/h16,19,26H,4-15H2,1-3H3/t16-/m0/s1. The minimum absolute atomic E-state index is 0.0485. The molecule has 2 fully saturated rings. The van der Waals surface area contributed by atoms with Gasteiger partial charge in [0.1, 0.15) is 18.0 Å². The molecule has 1 aromatic heterocycles. The Labute approximate surface area is 199 Å². The van der Waals surface area contributed by atoms with Gasteiger partial charge in [0, 0.05) is 44.3 Å². The maximum Gasteiger partial charge on any atom is 0.410 e. The van der Waals surface area contributed by atoms with E-state index >= 15 is 0 Å². The molecule has 2 saturated heterocycles. The Morgan fingerprint density at radius 3 is 2.65 bits per heavy atom. The van der Waals surface area contributed by atoms with E-state index < -0.39 is 12.0 Å². The molecule has 0 spiro atoms. The molecule has 0 saturated carbocycles. The fourth-order valence-electron chi connectivity index (χ4n) is 4.74. The summed E-state index contributed by atoms with van der Waals surface area (Å²) < 4.78 is 37.2. The van der Waals surface area contributed by atoms with Crippen LogP contribution in [-0.4, -0.2) is 96.3 Å². The summed E-state index contributed by atoms with van der Waals surface area (Å²) in [7, 11) is 0. The van der Waals surface area contributed by atoms with E-state index in [1.807, 2.05) is 20.8 Å². The number of ether oxygens (including phenoxy) is 2. The average molecular weight is 483 g/mol. The van der Waals surface area contributed by atoms with E-state index in [0.717, 1.165) is 42.9 Å². The van der Waals surface area contributed by atoms with Gasteiger partial charge in [-0.3, -0.25) is 4.90 Å². The zero-order chi connectivity index (χ0) is 24.3. The number of carbonyl (C=O) groups excluding carboxylic acids is 1. The lowest BCUT2D eigenvalue weighted by Crippen LogP contribution is -2.50. The maximum atomic E-state index is 12.9. The molecule has 11 heteroatoms. The first-order chi connectivity index (χ1) is 16.2. The summed E-state index contributed by atoms with van der Waals surface area (Å²) in [6.07, 6.45) is -0.100. The molecule has 1 amide bonds. The Kier molecular flexibility index (Phi) is 7.71. The molecule has 1 atom stereocenters. The molecular formula is C23H36F2N6O3. The second-order valence-electron chi connectivity index (χ2n) is 10.1. The molecule has 34 heavy (non-hydrogen) atoms. The highest BCUT2D eigenvalue weighted by Crippen LogP contribution is 2.28. The third-order valence-corrected chi connectivity index (χ3v) is 6.40. The largest absolute Gasteiger partial charge is 0.462 e. The van der Waals surface area contributed by atoms with E-state index in [0.29, 0.717) is 45.9 Å². The fourth-order valence-corrected chi connectivity index (χ4v) is 4.74. The molecule has 0 aromatic carbocycles. The van der Waals surface area contributed by atoms with E-state index in [-0.39, 0.29) is 24.7 Å². The van der Waals surface area contributed by atoms with Crippen LogP contribution in [0.15, 0.2) is 0 Å². The molecule has 9 nitrogen and oxygen atoms in total. The molecule has 0 radical (unpaired) electrons. The van der Waals surface area contributed by atoms with Gasteiger partial charge in [-0.05, 0) is 53.1 Å². The van der Waals surface area contributed by atoms with E-state index in [2.05, 4.69) is 15.2 Å². The van der Waals surface area contributed by atoms with Gasteiger partial charge in [-0.2, -0.15) is 9.97 Å². The number of alkyl halides is 2. The third-order valence-electron chi connectivity index (χ3n) is 6.40. The Morgan fingerprint density at radius 2 is 1.94 bits per heavy atom. The summed E-state index contributed by atoms with van der Waals surface area (Å²) in [5.41, 5.74) is 1.50. The summed E-state index contributed by atoms with van der Waals surface area (Å²) in [6.45, 7) is 10.2. The number of piperazine rings is 1. The zero-order valence-electron chi connectivity index (χ0n) is 20.4. The number of nitrogens with one attached hydrogen (secondary N) is 1. The number of nitrogens with zero attached hydrogens (tertiary/aromatic N) is 5. The summed E-state index contributed by atoms with van der Waals surface area (Å²) in [4.78, 5) is 27.5. The van der Waals surface area contributed by atoms with E-state index in [9.17, 15) is 13.6 Å². The van der Waals surface area contributed by atoms with Crippen molar-refractivity contribution >= 4 is 11.9 Å². The van der Waals surface area contributed by atoms with Crippen LogP contribution in [0.25, 0.3) is 0 Å². The zero-order valence-corrected chi connectivity index (χ0v) is 20.4. The predicted octanol–water partition coefficient (Wildman–Crippen LogP) is 2.29. The number of aromatic nitrogens is 2. The lowest BCUT2D eigenvalue weighted by molar-refractivity contribution is 0.0240. The molecule has 0 unspecified atom stereocenters. The number of carbonyl (C=O) groups is 1. The van der Waals surface area contributed by atoms with Crippen molar-refractivity contribution in [2.75, 3.05) is 57.3 Å². The van der Waals surface area contributed by atoms with Gasteiger partial charge >= 0.3 is 12.1 Å². The van der Waals surface area contributed by atoms with Gasteiger partial charge in [0.25, 0.3) is 6.43 Å². The third kappa shape index (κ3) is 6.24. The van der Waals surface area contributed by atoms with Crippen LogP contribution < -0.4 is 15.0 Å². The molecular weight excluding hydrogens is 446 g/mol. The molecule has 3 aliphatic rings. The highest BCUT2D eigenvalue weighted by Gasteiger charge is 2.30. The van der Waals surface area contributed by atoms with Crippen LogP contribution in [0, 0.1) is 0 Å². The number of rotatable bonds is 6. The highest BCUT2D eigenvalue weighted by molar-refractivity contribution is 5.68. The van der Waals surface area contributed by atoms with Crippen molar-refractivity contribution in [2.45, 2.75) is 64.6 Å². The summed E-state index contributed by atoms with van der Waals surface area (Å²) in [5.74, 6) is 0.848. The Balaban J connectivity index is 1.43. The molecule has 0 bridgehead atoms. The van der Waals surface area contributed by atoms with Crippen molar-refractivity contribution < 1.29 is 23.0 Å². The van der Waals surface area contributed by atoms with Gasteiger partial charge in [-0.1, -0.05) is 0 Å². The summed E-state index contributed by atoms with van der Waals surface area (Å²) >= 11 is 0. The minimum atomic E-state index is -2.35. The molecule has 190 valence electrons. The van der Waals surface area contributed by atoms with Crippen LogP contribution in [0.2, 0.25) is 0 Å². The topological polar surface area (TPSA) is 83.1 Å². The van der Waals surface area contributed by atoms with Gasteiger partial charge in [0.15, 0.2) is 0 Å². The number of hydrogen-bond donors (Lipinski definition) is 1. The lowest BCUT2D eigenvalue weighted by Gasteiger charge is -2.37. The molecule has 1 N–H and O–H groups in total. The molecule has 4 rings (SSSR count). The van der Waals surface area contributed by atoms with Crippen LogP contribution >= 0.6 is 0 Å². The summed E-state index contributed by atoms with van der Waals surface area (Å²) in [5, 5.41) is 3.34. The van der Waals surface area contributed by atoms with Gasteiger partial charge in [-0.15, -0.1) is 0 Å². The normalized spacial score (nSPS) is 21.6. The van der Waals surface area contributed by atoms with Crippen molar-refractivity contribution in [1.82, 2.24) is 25.1 Å². The monoisotopic (exact) mass is 482 g/mol. The molecule has 4 heterocycles. The van der Waals surface area contributed by atoms with Crippen molar-refractivity contribution in [2.24, 2.45) is 0 Å². The predicted molar refractivity (Wildman–Crippen MR) is 124 cm³/mol. The number of fused-ring (bicyclic) bond motifs is 1. The van der Waals surface area contributed by atoms with Gasteiger partial charge in [-0.25, -0.2) is 13.6 Å². The number of anilines is 1. The number of amides is 1.